The van der Waals surface area contributed by atoms with Crippen molar-refractivity contribution in [2.24, 2.45) is 5.92 Å². The molecule has 0 spiro atoms. The number of aromatic nitrogens is 2. The fourth-order valence-corrected chi connectivity index (χ4v) is 5.82. The Morgan fingerprint density at radius 2 is 1.57 bits per heavy atom. The molecule has 1 aliphatic carbocycles. The van der Waals surface area contributed by atoms with Crippen LogP contribution >= 0.6 is 11.6 Å². The molecule has 0 aliphatic heterocycles. The largest absolute Gasteiger partial charge is 0.497 e. The summed E-state index contributed by atoms with van der Waals surface area (Å²) >= 11 is 6.06. The van der Waals surface area contributed by atoms with Crippen LogP contribution in [0.1, 0.15) is 12.8 Å². The minimum atomic E-state index is -3.92. The summed E-state index contributed by atoms with van der Waals surface area (Å²) in [4.78, 5) is 18.1. The van der Waals surface area contributed by atoms with Gasteiger partial charge >= 0.3 is 0 Å². The van der Waals surface area contributed by atoms with E-state index in [0.29, 0.717) is 22.2 Å². The second kappa shape index (κ2) is 11.7. The van der Waals surface area contributed by atoms with E-state index in [2.05, 4.69) is 10.3 Å². The Hall–Kier alpha value is -3.86. The number of rotatable bonds is 11. The van der Waals surface area contributed by atoms with Crippen molar-refractivity contribution in [1.82, 2.24) is 13.9 Å². The average molecular weight is 581 g/mol. The lowest BCUT2D eigenvalue weighted by atomic mass is 10.2. The third kappa shape index (κ3) is 6.30. The summed E-state index contributed by atoms with van der Waals surface area (Å²) in [6.45, 7) is -0.0820. The Kier molecular flexibility index (Phi) is 8.11. The lowest BCUT2D eigenvalue weighted by molar-refractivity contribution is -0.116. The van der Waals surface area contributed by atoms with Crippen molar-refractivity contribution >= 4 is 33.5 Å². The van der Waals surface area contributed by atoms with Crippen LogP contribution in [0.5, 0.6) is 11.5 Å². The van der Waals surface area contributed by atoms with E-state index in [1.807, 2.05) is 36.4 Å². The lowest BCUT2D eigenvalue weighted by Crippen LogP contribution is -2.39. The predicted octanol–water partition coefficient (Wildman–Crippen LogP) is 5.25. The van der Waals surface area contributed by atoms with Crippen molar-refractivity contribution in [2.75, 3.05) is 32.6 Å². The van der Waals surface area contributed by atoms with Gasteiger partial charge in [-0.05, 0) is 79.4 Å². The molecule has 1 saturated carbocycles. The molecular weight excluding hydrogens is 552 g/mol. The van der Waals surface area contributed by atoms with Crippen LogP contribution in [-0.2, 0) is 14.8 Å². The van der Waals surface area contributed by atoms with Crippen LogP contribution in [0.15, 0.2) is 83.9 Å². The standard InChI is InChI=1S/C29H29ClN4O5S/c1-38-24-11-9-23(10-12-24)34-18-27(21-5-7-22(30)8-6-21)31-29(34)32-28(35)19-33(17-20-3-4-20)40(36,37)26-15-13-25(39-2)14-16-26/h5-16,18,20H,3-4,17,19H2,1-2H3,(H,31,32,35). The first-order chi connectivity index (χ1) is 19.3. The molecule has 5 rings (SSSR count). The molecule has 0 atom stereocenters. The summed E-state index contributed by atoms with van der Waals surface area (Å²) in [6.07, 6.45) is 3.67. The number of benzene rings is 3. The molecule has 0 bridgehead atoms. The van der Waals surface area contributed by atoms with Crippen LogP contribution in [0.3, 0.4) is 0 Å². The third-order valence-electron chi connectivity index (χ3n) is 6.62. The van der Waals surface area contributed by atoms with E-state index in [9.17, 15) is 13.2 Å². The molecule has 11 heteroatoms. The monoisotopic (exact) mass is 580 g/mol. The van der Waals surface area contributed by atoms with Gasteiger partial charge < -0.3 is 9.47 Å². The summed E-state index contributed by atoms with van der Waals surface area (Å²) in [5.41, 5.74) is 2.16. The number of methoxy groups -OCH3 is 2. The van der Waals surface area contributed by atoms with Gasteiger partial charge in [0, 0.05) is 29.0 Å². The molecule has 9 nitrogen and oxygen atoms in total. The Balaban J connectivity index is 1.43. The molecule has 1 aliphatic rings. The van der Waals surface area contributed by atoms with E-state index in [4.69, 9.17) is 21.1 Å². The van der Waals surface area contributed by atoms with E-state index in [0.717, 1.165) is 24.1 Å². The molecule has 0 saturated heterocycles. The van der Waals surface area contributed by atoms with Crippen LogP contribution in [0.2, 0.25) is 5.02 Å². The maximum Gasteiger partial charge on any atom is 0.243 e. The highest BCUT2D eigenvalue weighted by atomic mass is 35.5. The number of hydrogen-bond acceptors (Lipinski definition) is 6. The van der Waals surface area contributed by atoms with Gasteiger partial charge in [-0.25, -0.2) is 13.4 Å². The molecule has 1 heterocycles. The predicted molar refractivity (Wildman–Crippen MR) is 154 cm³/mol. The van der Waals surface area contributed by atoms with Gasteiger partial charge in [0.05, 0.1) is 31.4 Å². The molecule has 1 amide bonds. The highest BCUT2D eigenvalue weighted by Gasteiger charge is 2.33. The summed E-state index contributed by atoms with van der Waals surface area (Å²) in [5.74, 6) is 1.23. The topological polar surface area (TPSA) is 103 Å². The second-order valence-corrected chi connectivity index (χ2v) is 11.9. The molecule has 208 valence electrons. The smallest absolute Gasteiger partial charge is 0.243 e. The Morgan fingerprint density at radius 3 is 2.15 bits per heavy atom. The van der Waals surface area contributed by atoms with Gasteiger partial charge in [0.15, 0.2) is 0 Å². The fourth-order valence-electron chi connectivity index (χ4n) is 4.23. The lowest BCUT2D eigenvalue weighted by Gasteiger charge is -2.22. The fraction of sp³-hybridized carbons (Fsp3) is 0.241. The zero-order valence-electron chi connectivity index (χ0n) is 22.1. The van der Waals surface area contributed by atoms with Crippen LogP contribution in [-0.4, -0.2) is 55.5 Å². The van der Waals surface area contributed by atoms with Gasteiger partial charge in [-0.2, -0.15) is 4.31 Å². The molecule has 1 N–H and O–H groups in total. The molecule has 40 heavy (non-hydrogen) atoms. The van der Waals surface area contributed by atoms with E-state index >= 15 is 0 Å². The van der Waals surface area contributed by atoms with E-state index in [1.54, 1.807) is 42.1 Å². The molecule has 0 unspecified atom stereocenters. The van der Waals surface area contributed by atoms with E-state index in [-0.39, 0.29) is 29.9 Å². The van der Waals surface area contributed by atoms with Gasteiger partial charge in [0.25, 0.3) is 0 Å². The highest BCUT2D eigenvalue weighted by Crippen LogP contribution is 2.32. The number of nitrogens with one attached hydrogen (secondary N) is 1. The minimum absolute atomic E-state index is 0.103. The number of hydrogen-bond donors (Lipinski definition) is 1. The molecule has 1 fully saturated rings. The number of halogens is 1. The van der Waals surface area contributed by atoms with Crippen molar-refractivity contribution in [1.29, 1.82) is 0 Å². The van der Waals surface area contributed by atoms with Crippen molar-refractivity contribution < 1.29 is 22.7 Å². The van der Waals surface area contributed by atoms with Gasteiger partial charge in [-0.15, -0.1) is 0 Å². The highest BCUT2D eigenvalue weighted by molar-refractivity contribution is 7.89. The first kappa shape index (κ1) is 27.7. The van der Waals surface area contributed by atoms with Gasteiger partial charge in [0.1, 0.15) is 11.5 Å². The number of carbonyl (C=O) groups excluding carboxylic acids is 1. The average Bonchev–Trinajstić information content (AvgIpc) is 3.70. The van der Waals surface area contributed by atoms with Crippen LogP contribution in [0.4, 0.5) is 5.95 Å². The van der Waals surface area contributed by atoms with Gasteiger partial charge in [-0.3, -0.25) is 14.7 Å². The second-order valence-electron chi connectivity index (χ2n) is 9.49. The number of anilines is 1. The van der Waals surface area contributed by atoms with E-state index < -0.39 is 15.9 Å². The zero-order valence-corrected chi connectivity index (χ0v) is 23.7. The summed E-state index contributed by atoms with van der Waals surface area (Å²) < 4.78 is 40.4. The first-order valence-corrected chi connectivity index (χ1v) is 14.5. The van der Waals surface area contributed by atoms with Crippen LogP contribution < -0.4 is 14.8 Å². The van der Waals surface area contributed by atoms with Crippen molar-refractivity contribution in [3.63, 3.8) is 0 Å². The molecule has 1 aromatic heterocycles. The van der Waals surface area contributed by atoms with Gasteiger partial charge in [-0.1, -0.05) is 23.7 Å². The first-order valence-electron chi connectivity index (χ1n) is 12.7. The zero-order chi connectivity index (χ0) is 28.3. The van der Waals surface area contributed by atoms with Gasteiger partial charge in [0.2, 0.25) is 21.9 Å². The quantitative estimate of drug-likeness (QED) is 0.260. The molecule has 0 radical (unpaired) electrons. The molecule has 3 aromatic carbocycles. The maximum atomic E-state index is 13.5. The van der Waals surface area contributed by atoms with Crippen LogP contribution in [0, 0.1) is 5.92 Å². The number of sulfonamides is 1. The minimum Gasteiger partial charge on any atom is -0.497 e. The number of ether oxygens (including phenoxy) is 2. The summed E-state index contributed by atoms with van der Waals surface area (Å²) in [5, 5.41) is 3.43. The maximum absolute atomic E-state index is 13.5. The van der Waals surface area contributed by atoms with Crippen molar-refractivity contribution in [3.8, 4) is 28.4 Å². The molecular formula is C29H29ClN4O5S. The number of amides is 1. The Morgan fingerprint density at radius 1 is 0.975 bits per heavy atom. The van der Waals surface area contributed by atoms with Crippen LogP contribution in [0.25, 0.3) is 16.9 Å². The Bertz CT molecular complexity index is 1580. The third-order valence-corrected chi connectivity index (χ3v) is 8.70. The number of imidazole rings is 1. The van der Waals surface area contributed by atoms with Crippen molar-refractivity contribution in [2.45, 2.75) is 17.7 Å². The summed E-state index contributed by atoms with van der Waals surface area (Å²) in [7, 11) is -0.814. The number of nitrogens with zero attached hydrogens (tertiary/aromatic N) is 3. The molecule has 4 aromatic rings. The SMILES string of the molecule is COc1ccc(-n2cc(-c3ccc(Cl)cc3)nc2NC(=O)CN(CC2CC2)S(=O)(=O)c2ccc(OC)cc2)cc1. The Labute approximate surface area is 238 Å². The van der Waals surface area contributed by atoms with E-state index in [1.165, 1.54) is 23.5 Å². The van der Waals surface area contributed by atoms with Crippen molar-refractivity contribution in [3.05, 3.63) is 84.0 Å². The summed E-state index contributed by atoms with van der Waals surface area (Å²) in [6, 6.07) is 20.7. The normalized spacial score (nSPS) is 13.3. The number of carbonyl (C=O) groups is 1.